The Labute approximate surface area is 32.4 Å². The monoisotopic (exact) mass is 70.1 g/mol. The Bertz CT molecular complexity index is 15.2. The Hall–Kier alpha value is -0.0400. The molecule has 29 valence electrons. The van der Waals surface area contributed by atoms with Crippen LogP contribution in [0.2, 0.25) is 0 Å². The lowest BCUT2D eigenvalue weighted by molar-refractivity contribution is 0.902. The van der Waals surface area contributed by atoms with Gasteiger partial charge in [0.25, 0.3) is 0 Å². The van der Waals surface area contributed by atoms with Crippen molar-refractivity contribution in [1.29, 1.82) is 0 Å². The molecule has 0 aromatic rings. The molecule has 1 fully saturated rings. The van der Waals surface area contributed by atoms with Crippen molar-refractivity contribution in [1.82, 2.24) is 5.32 Å². The standard InChI is InChI=1S/C4H8N/c1-2-4-5-3-1/h3,5H,1-2,4H2. The van der Waals surface area contributed by atoms with Gasteiger partial charge in [-0.25, -0.2) is 0 Å². The summed E-state index contributed by atoms with van der Waals surface area (Å²) in [6.07, 6.45) is 2.60. The van der Waals surface area contributed by atoms with Crippen molar-refractivity contribution in [3.05, 3.63) is 6.54 Å². The summed E-state index contributed by atoms with van der Waals surface area (Å²) in [6.45, 7) is 3.31. The van der Waals surface area contributed by atoms with Crippen LogP contribution in [0.4, 0.5) is 0 Å². The first-order chi connectivity index (χ1) is 2.50. The molecular formula is C4H8N. The molecule has 0 bridgehead atoms. The van der Waals surface area contributed by atoms with Gasteiger partial charge in [0, 0.05) is 6.54 Å². The summed E-state index contributed by atoms with van der Waals surface area (Å²) in [6, 6.07) is 0. The van der Waals surface area contributed by atoms with Crippen molar-refractivity contribution < 1.29 is 0 Å². The van der Waals surface area contributed by atoms with E-state index in [2.05, 4.69) is 11.9 Å². The third-order valence-electron chi connectivity index (χ3n) is 0.814. The number of nitrogens with one attached hydrogen (secondary N) is 1. The minimum atomic E-state index is 1.19. The van der Waals surface area contributed by atoms with Crippen LogP contribution in [0.1, 0.15) is 12.8 Å². The molecule has 1 saturated heterocycles. The van der Waals surface area contributed by atoms with E-state index in [-0.39, 0.29) is 0 Å². The van der Waals surface area contributed by atoms with E-state index in [1.165, 1.54) is 19.4 Å². The molecule has 0 aliphatic carbocycles. The topological polar surface area (TPSA) is 12.0 Å². The minimum Gasteiger partial charge on any atom is -0.312 e. The van der Waals surface area contributed by atoms with Crippen LogP contribution >= 0.6 is 0 Å². The molecule has 1 aliphatic heterocycles. The van der Waals surface area contributed by atoms with Crippen molar-refractivity contribution in [3.63, 3.8) is 0 Å². The van der Waals surface area contributed by atoms with E-state index < -0.39 is 0 Å². The Balaban J connectivity index is 2.08. The van der Waals surface area contributed by atoms with E-state index in [0.717, 1.165) is 0 Å². The van der Waals surface area contributed by atoms with Crippen LogP contribution in [-0.4, -0.2) is 6.54 Å². The van der Waals surface area contributed by atoms with Crippen LogP contribution < -0.4 is 5.32 Å². The van der Waals surface area contributed by atoms with Gasteiger partial charge in [0.2, 0.25) is 0 Å². The minimum absolute atomic E-state index is 1.19. The summed E-state index contributed by atoms with van der Waals surface area (Å²) in [4.78, 5) is 0. The van der Waals surface area contributed by atoms with Crippen LogP contribution in [0.15, 0.2) is 0 Å². The Morgan fingerprint density at radius 1 is 1.60 bits per heavy atom. The fourth-order valence-electron chi connectivity index (χ4n) is 0.510. The largest absolute Gasteiger partial charge is 0.312 e. The Morgan fingerprint density at radius 2 is 2.60 bits per heavy atom. The summed E-state index contributed by atoms with van der Waals surface area (Å²) < 4.78 is 0. The maximum atomic E-state index is 3.10. The first-order valence-corrected chi connectivity index (χ1v) is 2.05. The zero-order valence-electron chi connectivity index (χ0n) is 3.20. The summed E-state index contributed by atoms with van der Waals surface area (Å²) in [5, 5.41) is 3.10. The average molecular weight is 70.1 g/mol. The SMILES string of the molecule is [CH]1CCCN1. The van der Waals surface area contributed by atoms with Crippen molar-refractivity contribution in [2.75, 3.05) is 6.54 Å². The average Bonchev–Trinajstić information content (AvgIpc) is 1.76. The van der Waals surface area contributed by atoms with Gasteiger partial charge in [-0.3, -0.25) is 0 Å². The summed E-state index contributed by atoms with van der Waals surface area (Å²) in [5.74, 6) is 0. The van der Waals surface area contributed by atoms with E-state index in [1.807, 2.05) is 0 Å². The van der Waals surface area contributed by atoms with Gasteiger partial charge in [0.05, 0.1) is 0 Å². The predicted molar refractivity (Wildman–Crippen MR) is 21.5 cm³/mol. The van der Waals surface area contributed by atoms with Crippen molar-refractivity contribution >= 4 is 0 Å². The van der Waals surface area contributed by atoms with Crippen LogP contribution in [0.5, 0.6) is 0 Å². The molecular weight excluding hydrogens is 62.1 g/mol. The Morgan fingerprint density at radius 3 is 2.80 bits per heavy atom. The third-order valence-corrected chi connectivity index (χ3v) is 0.814. The van der Waals surface area contributed by atoms with Gasteiger partial charge in [0.1, 0.15) is 0 Å². The maximum absolute atomic E-state index is 3.10. The number of rotatable bonds is 0. The van der Waals surface area contributed by atoms with Crippen molar-refractivity contribution in [2.45, 2.75) is 12.8 Å². The van der Waals surface area contributed by atoms with Gasteiger partial charge in [-0.15, -0.1) is 0 Å². The lowest BCUT2D eigenvalue weighted by Gasteiger charge is -1.75. The molecule has 0 amide bonds. The molecule has 0 aromatic heterocycles. The molecule has 1 nitrogen and oxygen atoms in total. The van der Waals surface area contributed by atoms with E-state index in [1.54, 1.807) is 0 Å². The van der Waals surface area contributed by atoms with E-state index >= 15 is 0 Å². The molecule has 0 spiro atoms. The second-order valence-electron chi connectivity index (χ2n) is 1.30. The zero-order valence-corrected chi connectivity index (χ0v) is 3.20. The van der Waals surface area contributed by atoms with Crippen molar-refractivity contribution in [3.8, 4) is 0 Å². The number of hydrogen-bond donors (Lipinski definition) is 1. The smallest absolute Gasteiger partial charge is 0.0221 e. The van der Waals surface area contributed by atoms with Crippen LogP contribution in [0, 0.1) is 6.54 Å². The van der Waals surface area contributed by atoms with Crippen LogP contribution in [-0.2, 0) is 0 Å². The first-order valence-electron chi connectivity index (χ1n) is 2.05. The molecule has 1 aliphatic rings. The normalized spacial score (nSPS) is 24.0. The van der Waals surface area contributed by atoms with Gasteiger partial charge in [-0.1, -0.05) is 0 Å². The highest BCUT2D eigenvalue weighted by Gasteiger charge is 1.93. The molecule has 5 heavy (non-hydrogen) atoms. The fourth-order valence-corrected chi connectivity index (χ4v) is 0.510. The van der Waals surface area contributed by atoms with E-state index in [4.69, 9.17) is 0 Å². The molecule has 0 atom stereocenters. The lowest BCUT2D eigenvalue weighted by Crippen LogP contribution is -1.98. The molecule has 0 saturated carbocycles. The highest BCUT2D eigenvalue weighted by molar-refractivity contribution is 4.69. The summed E-state index contributed by atoms with van der Waals surface area (Å²) in [7, 11) is 0. The van der Waals surface area contributed by atoms with Crippen LogP contribution in [0.25, 0.3) is 0 Å². The van der Waals surface area contributed by atoms with Gasteiger partial charge in [0.15, 0.2) is 0 Å². The molecule has 1 radical (unpaired) electrons. The molecule has 1 heterocycles. The third kappa shape index (κ3) is 0.618. The quantitative estimate of drug-likeness (QED) is 0.438. The lowest BCUT2D eigenvalue weighted by atomic mass is 10.4. The second-order valence-corrected chi connectivity index (χ2v) is 1.30. The van der Waals surface area contributed by atoms with Crippen molar-refractivity contribution in [2.24, 2.45) is 0 Å². The molecule has 1 rings (SSSR count). The highest BCUT2D eigenvalue weighted by Crippen LogP contribution is 1.95. The molecule has 0 aromatic carbocycles. The fraction of sp³-hybridized carbons (Fsp3) is 0.750. The zero-order chi connectivity index (χ0) is 3.54. The maximum Gasteiger partial charge on any atom is 0.0221 e. The van der Waals surface area contributed by atoms with E-state index in [9.17, 15) is 0 Å². The first kappa shape index (κ1) is 3.16. The van der Waals surface area contributed by atoms with Crippen LogP contribution in [0.3, 0.4) is 0 Å². The van der Waals surface area contributed by atoms with Gasteiger partial charge >= 0.3 is 0 Å². The summed E-state index contributed by atoms with van der Waals surface area (Å²) >= 11 is 0. The van der Waals surface area contributed by atoms with E-state index in [0.29, 0.717) is 0 Å². The molecule has 1 N–H and O–H groups in total. The number of hydrogen-bond acceptors (Lipinski definition) is 1. The Kier molecular flexibility index (Phi) is 0.892. The molecule has 1 heteroatoms. The molecule has 0 unspecified atom stereocenters. The van der Waals surface area contributed by atoms with Gasteiger partial charge in [-0.2, -0.15) is 0 Å². The second kappa shape index (κ2) is 1.41. The summed E-state index contributed by atoms with van der Waals surface area (Å²) in [5.41, 5.74) is 0. The van der Waals surface area contributed by atoms with Gasteiger partial charge < -0.3 is 5.32 Å². The van der Waals surface area contributed by atoms with Gasteiger partial charge in [-0.05, 0) is 19.4 Å². The highest BCUT2D eigenvalue weighted by atomic mass is 14.9. The predicted octanol–water partition coefficient (Wildman–Crippen LogP) is 0.532.